The van der Waals surface area contributed by atoms with E-state index in [4.69, 9.17) is 5.11 Å². The largest absolute Gasteiger partial charge is 0.480 e. The molecule has 2 aliphatic rings. The lowest BCUT2D eigenvalue weighted by atomic mass is 10.1. The van der Waals surface area contributed by atoms with Crippen LogP contribution in [-0.4, -0.2) is 40.6 Å². The predicted molar refractivity (Wildman–Crippen MR) is 67.2 cm³/mol. The van der Waals surface area contributed by atoms with Crippen molar-refractivity contribution in [2.45, 2.75) is 51.6 Å². The second-order valence-electron chi connectivity index (χ2n) is 5.84. The second kappa shape index (κ2) is 5.16. The van der Waals surface area contributed by atoms with Gasteiger partial charge >= 0.3 is 12.0 Å². The molecule has 18 heavy (non-hydrogen) atoms. The van der Waals surface area contributed by atoms with Crippen LogP contribution in [-0.2, 0) is 4.79 Å². The molecule has 0 aromatic heterocycles. The number of hydrogen-bond donors (Lipinski definition) is 2. The number of hydrogen-bond acceptors (Lipinski definition) is 2. The second-order valence-corrected chi connectivity index (χ2v) is 5.84. The van der Waals surface area contributed by atoms with Crippen molar-refractivity contribution < 1.29 is 14.7 Å². The van der Waals surface area contributed by atoms with E-state index in [1.807, 2.05) is 4.90 Å². The van der Waals surface area contributed by atoms with E-state index in [2.05, 4.69) is 5.32 Å². The van der Waals surface area contributed by atoms with Crippen molar-refractivity contribution in [2.75, 3.05) is 6.54 Å². The highest BCUT2D eigenvalue weighted by atomic mass is 16.4. The topological polar surface area (TPSA) is 69.6 Å². The number of urea groups is 1. The number of aliphatic carboxylic acids is 1. The fourth-order valence-electron chi connectivity index (χ4n) is 2.09. The normalized spacial score (nSPS) is 20.6. The highest BCUT2D eigenvalue weighted by molar-refractivity contribution is 5.83. The number of rotatable bonds is 6. The summed E-state index contributed by atoms with van der Waals surface area (Å²) >= 11 is 0. The highest BCUT2D eigenvalue weighted by Gasteiger charge is 2.38. The molecule has 0 aromatic rings. The van der Waals surface area contributed by atoms with Gasteiger partial charge in [-0.3, -0.25) is 0 Å². The van der Waals surface area contributed by atoms with Crippen LogP contribution in [0.25, 0.3) is 0 Å². The number of amides is 2. The minimum atomic E-state index is -0.958. The molecule has 2 fully saturated rings. The van der Waals surface area contributed by atoms with E-state index < -0.39 is 12.0 Å². The maximum atomic E-state index is 12.2. The molecule has 0 bridgehead atoms. The van der Waals surface area contributed by atoms with Crippen molar-refractivity contribution in [1.82, 2.24) is 10.2 Å². The predicted octanol–water partition coefficient (Wildman–Crippen LogP) is 1.68. The summed E-state index contributed by atoms with van der Waals surface area (Å²) < 4.78 is 0. The molecule has 2 rings (SSSR count). The molecule has 5 nitrogen and oxygen atoms in total. The number of carbonyl (C=O) groups excluding carboxylic acids is 1. The Morgan fingerprint density at radius 3 is 2.28 bits per heavy atom. The van der Waals surface area contributed by atoms with Crippen LogP contribution in [0.3, 0.4) is 0 Å². The van der Waals surface area contributed by atoms with Gasteiger partial charge in [0.05, 0.1) is 0 Å². The maximum Gasteiger partial charge on any atom is 0.326 e. The number of nitrogens with one attached hydrogen (secondary N) is 1. The summed E-state index contributed by atoms with van der Waals surface area (Å²) in [4.78, 5) is 25.1. The summed E-state index contributed by atoms with van der Waals surface area (Å²) in [6.45, 7) is 4.41. The zero-order valence-corrected chi connectivity index (χ0v) is 11.1. The van der Waals surface area contributed by atoms with Crippen LogP contribution in [0, 0.1) is 11.8 Å². The monoisotopic (exact) mass is 254 g/mol. The van der Waals surface area contributed by atoms with E-state index >= 15 is 0 Å². The van der Waals surface area contributed by atoms with Gasteiger partial charge in [-0.2, -0.15) is 0 Å². The molecule has 0 heterocycles. The average Bonchev–Trinajstić information content (AvgIpc) is 3.13. The molecular formula is C13H22N2O3. The molecule has 0 spiro atoms. The van der Waals surface area contributed by atoms with Gasteiger partial charge in [0.25, 0.3) is 0 Å². The Hall–Kier alpha value is -1.26. The van der Waals surface area contributed by atoms with Crippen LogP contribution in [0.15, 0.2) is 0 Å². The molecule has 102 valence electrons. The van der Waals surface area contributed by atoms with Crippen molar-refractivity contribution in [3.05, 3.63) is 0 Å². The number of carboxylic acid groups (broad SMARTS) is 1. The summed E-state index contributed by atoms with van der Waals surface area (Å²) in [5, 5.41) is 11.7. The van der Waals surface area contributed by atoms with Crippen molar-refractivity contribution in [2.24, 2.45) is 11.8 Å². The van der Waals surface area contributed by atoms with E-state index in [1.165, 1.54) is 12.8 Å². The molecule has 5 heteroatoms. The Balaban J connectivity index is 1.92. The van der Waals surface area contributed by atoms with Crippen molar-refractivity contribution in [3.8, 4) is 0 Å². The summed E-state index contributed by atoms with van der Waals surface area (Å²) in [7, 11) is 0. The first-order chi connectivity index (χ1) is 8.49. The molecule has 1 atom stereocenters. The lowest BCUT2D eigenvalue weighted by molar-refractivity contribution is -0.140. The van der Waals surface area contributed by atoms with Gasteiger partial charge in [0.15, 0.2) is 0 Å². The summed E-state index contributed by atoms with van der Waals surface area (Å²) in [6.07, 6.45) is 4.51. The van der Waals surface area contributed by atoms with Crippen molar-refractivity contribution >= 4 is 12.0 Å². The minimum absolute atomic E-state index is 0.103. The summed E-state index contributed by atoms with van der Waals surface area (Å²) in [5.74, 6) is -0.423. The zero-order chi connectivity index (χ0) is 13.3. The molecule has 0 unspecified atom stereocenters. The molecule has 2 saturated carbocycles. The molecule has 0 radical (unpaired) electrons. The lowest BCUT2D eigenvalue weighted by Crippen LogP contribution is -2.51. The Labute approximate surface area is 108 Å². The lowest BCUT2D eigenvalue weighted by Gasteiger charge is -2.26. The fraction of sp³-hybridized carbons (Fsp3) is 0.846. The van der Waals surface area contributed by atoms with Crippen LogP contribution in [0.4, 0.5) is 4.79 Å². The molecule has 2 N–H and O–H groups in total. The van der Waals surface area contributed by atoms with Gasteiger partial charge in [-0.05, 0) is 37.5 Å². The van der Waals surface area contributed by atoms with Gasteiger partial charge < -0.3 is 15.3 Å². The third-order valence-electron chi connectivity index (χ3n) is 3.61. The van der Waals surface area contributed by atoms with Gasteiger partial charge in [0.2, 0.25) is 0 Å². The minimum Gasteiger partial charge on any atom is -0.480 e. The maximum absolute atomic E-state index is 12.2. The first kappa shape index (κ1) is 13.2. The van der Waals surface area contributed by atoms with Crippen molar-refractivity contribution in [3.63, 3.8) is 0 Å². The summed E-state index contributed by atoms with van der Waals surface area (Å²) in [6, 6.07) is -0.657. The van der Waals surface area contributed by atoms with Crippen LogP contribution >= 0.6 is 0 Å². The van der Waals surface area contributed by atoms with Gasteiger partial charge in [-0.15, -0.1) is 0 Å². The van der Waals surface area contributed by atoms with E-state index in [9.17, 15) is 9.59 Å². The molecular weight excluding hydrogens is 232 g/mol. The SMILES string of the molecule is CC(C)[C@H](NC(=O)N(CC1CC1)C1CC1)C(=O)O. The van der Waals surface area contributed by atoms with Crippen LogP contribution in [0.5, 0.6) is 0 Å². The fourth-order valence-corrected chi connectivity index (χ4v) is 2.09. The third-order valence-corrected chi connectivity index (χ3v) is 3.61. The van der Waals surface area contributed by atoms with E-state index in [0.29, 0.717) is 12.0 Å². The van der Waals surface area contributed by atoms with Crippen LogP contribution < -0.4 is 5.32 Å². The molecule has 0 saturated heterocycles. The Kier molecular flexibility index (Phi) is 3.78. The number of carboxylic acids is 1. The Morgan fingerprint density at radius 1 is 1.28 bits per heavy atom. The van der Waals surface area contributed by atoms with Crippen LogP contribution in [0.2, 0.25) is 0 Å². The highest BCUT2D eigenvalue weighted by Crippen LogP contribution is 2.34. The van der Waals surface area contributed by atoms with Crippen LogP contribution in [0.1, 0.15) is 39.5 Å². The first-order valence-corrected chi connectivity index (χ1v) is 6.79. The molecule has 0 aliphatic heterocycles. The molecule has 0 aromatic carbocycles. The van der Waals surface area contributed by atoms with E-state index in [0.717, 1.165) is 19.4 Å². The average molecular weight is 254 g/mol. The van der Waals surface area contributed by atoms with Gasteiger partial charge in [-0.25, -0.2) is 9.59 Å². The Bertz CT molecular complexity index is 335. The van der Waals surface area contributed by atoms with E-state index in [1.54, 1.807) is 13.8 Å². The van der Waals surface area contributed by atoms with Gasteiger partial charge in [0, 0.05) is 12.6 Å². The smallest absolute Gasteiger partial charge is 0.326 e. The summed E-state index contributed by atoms with van der Waals surface area (Å²) in [5.41, 5.74) is 0. The molecule has 2 aliphatic carbocycles. The molecule has 2 amide bonds. The Morgan fingerprint density at radius 2 is 1.89 bits per heavy atom. The van der Waals surface area contributed by atoms with Gasteiger partial charge in [0.1, 0.15) is 6.04 Å². The van der Waals surface area contributed by atoms with Crippen molar-refractivity contribution in [1.29, 1.82) is 0 Å². The number of nitrogens with zero attached hydrogens (tertiary/aromatic N) is 1. The third kappa shape index (κ3) is 3.37. The van der Waals surface area contributed by atoms with Gasteiger partial charge in [-0.1, -0.05) is 13.8 Å². The quantitative estimate of drug-likeness (QED) is 0.757. The zero-order valence-electron chi connectivity index (χ0n) is 11.1. The number of carbonyl (C=O) groups is 2. The standard InChI is InChI=1S/C13H22N2O3/c1-8(2)11(12(16)17)14-13(18)15(10-5-6-10)7-9-3-4-9/h8-11H,3-7H2,1-2H3,(H,14,18)(H,16,17)/t11-/m0/s1. The van der Waals surface area contributed by atoms with E-state index in [-0.39, 0.29) is 11.9 Å². The first-order valence-electron chi connectivity index (χ1n) is 6.79.